The van der Waals surface area contributed by atoms with Gasteiger partial charge in [-0.05, 0) is 18.2 Å². The van der Waals surface area contributed by atoms with E-state index < -0.39 is 10.8 Å². The Morgan fingerprint density at radius 1 is 1.23 bits per heavy atom. The summed E-state index contributed by atoms with van der Waals surface area (Å²) in [7, 11) is 0. The van der Waals surface area contributed by atoms with Gasteiger partial charge < -0.3 is 0 Å². The van der Waals surface area contributed by atoms with Gasteiger partial charge in [0.15, 0.2) is 0 Å². The van der Waals surface area contributed by atoms with Crippen LogP contribution in [0.3, 0.4) is 0 Å². The second-order valence-electron chi connectivity index (χ2n) is 5.22. The average molecular weight is 414 g/mol. The van der Waals surface area contributed by atoms with E-state index in [1.807, 2.05) is 24.3 Å². The smallest absolute Gasteiger partial charge is 0.272 e. The largest absolute Gasteiger partial charge is 0.289 e. The van der Waals surface area contributed by atoms with Gasteiger partial charge in [0.05, 0.1) is 16.8 Å². The molecule has 0 spiro atoms. The molecule has 0 aliphatic carbocycles. The Morgan fingerprint density at radius 3 is 2.73 bits per heavy atom. The SMILES string of the molecule is O=C(N/N=C\c1cccc([N+](=O)[O-])c1)c1cc(-c2ccc(Br)cc2)n[nH]1. The first-order valence-corrected chi connectivity index (χ1v) is 8.21. The van der Waals surface area contributed by atoms with Gasteiger partial charge in [-0.1, -0.05) is 40.2 Å². The molecule has 0 saturated carbocycles. The van der Waals surface area contributed by atoms with Crippen LogP contribution >= 0.6 is 15.9 Å². The van der Waals surface area contributed by atoms with Crippen molar-refractivity contribution >= 4 is 33.7 Å². The minimum absolute atomic E-state index is 0.0482. The van der Waals surface area contributed by atoms with E-state index >= 15 is 0 Å². The van der Waals surface area contributed by atoms with E-state index in [9.17, 15) is 14.9 Å². The van der Waals surface area contributed by atoms with Crippen molar-refractivity contribution in [3.8, 4) is 11.3 Å². The first kappa shape index (κ1) is 17.5. The molecule has 0 bridgehead atoms. The van der Waals surface area contributed by atoms with Crippen molar-refractivity contribution in [2.45, 2.75) is 0 Å². The predicted octanol–water partition coefficient (Wildman–Crippen LogP) is 3.51. The number of aromatic amines is 1. The van der Waals surface area contributed by atoms with Crippen LogP contribution in [0.5, 0.6) is 0 Å². The minimum atomic E-state index is -0.496. The second kappa shape index (κ2) is 7.70. The van der Waals surface area contributed by atoms with Crippen LogP contribution in [-0.2, 0) is 0 Å². The number of non-ortho nitro benzene ring substituents is 1. The number of aromatic nitrogens is 2. The third kappa shape index (κ3) is 4.19. The van der Waals surface area contributed by atoms with Gasteiger partial charge in [0.25, 0.3) is 11.6 Å². The van der Waals surface area contributed by atoms with E-state index in [4.69, 9.17) is 0 Å². The number of H-pyrrole nitrogens is 1. The van der Waals surface area contributed by atoms with E-state index in [1.165, 1.54) is 18.3 Å². The summed E-state index contributed by atoms with van der Waals surface area (Å²) in [4.78, 5) is 22.3. The normalized spacial score (nSPS) is 10.8. The third-order valence-corrected chi connectivity index (χ3v) is 3.95. The monoisotopic (exact) mass is 413 g/mol. The van der Waals surface area contributed by atoms with Crippen molar-refractivity contribution in [3.63, 3.8) is 0 Å². The molecule has 0 fully saturated rings. The van der Waals surface area contributed by atoms with Crippen LogP contribution < -0.4 is 5.43 Å². The van der Waals surface area contributed by atoms with Crippen LogP contribution in [-0.4, -0.2) is 27.2 Å². The molecule has 0 aliphatic rings. The molecule has 1 heterocycles. The Kier molecular flexibility index (Phi) is 5.18. The molecule has 3 aromatic rings. The Hall–Kier alpha value is -3.33. The number of benzene rings is 2. The van der Waals surface area contributed by atoms with Gasteiger partial charge in [0, 0.05) is 27.7 Å². The molecule has 0 aliphatic heterocycles. The van der Waals surface area contributed by atoms with Crippen LogP contribution in [0.4, 0.5) is 5.69 Å². The number of rotatable bonds is 5. The Bertz CT molecular complexity index is 982. The molecule has 1 amide bonds. The maximum Gasteiger partial charge on any atom is 0.289 e. The van der Waals surface area contributed by atoms with E-state index in [0.29, 0.717) is 11.3 Å². The van der Waals surface area contributed by atoms with Gasteiger partial charge >= 0.3 is 0 Å². The van der Waals surface area contributed by atoms with Gasteiger partial charge in [0.2, 0.25) is 0 Å². The average Bonchev–Trinajstić information content (AvgIpc) is 3.13. The number of hydrogen-bond donors (Lipinski definition) is 2. The summed E-state index contributed by atoms with van der Waals surface area (Å²) in [6, 6.07) is 15.1. The maximum absolute atomic E-state index is 12.1. The van der Waals surface area contributed by atoms with E-state index in [1.54, 1.807) is 18.2 Å². The number of halogens is 1. The number of nitro benzene ring substituents is 1. The molecule has 1 aromatic heterocycles. The molecule has 0 saturated heterocycles. The summed E-state index contributed by atoms with van der Waals surface area (Å²) in [6.45, 7) is 0. The molecular formula is C17H12BrN5O3. The Balaban J connectivity index is 1.66. The molecule has 130 valence electrons. The lowest BCUT2D eigenvalue weighted by atomic mass is 10.1. The van der Waals surface area contributed by atoms with Crippen LogP contribution in [0, 0.1) is 10.1 Å². The van der Waals surface area contributed by atoms with Crippen molar-refractivity contribution < 1.29 is 9.72 Å². The second-order valence-corrected chi connectivity index (χ2v) is 6.14. The van der Waals surface area contributed by atoms with Gasteiger partial charge in [0.1, 0.15) is 5.69 Å². The molecule has 9 heteroatoms. The summed E-state index contributed by atoms with van der Waals surface area (Å²) in [5.41, 5.74) is 4.55. The Morgan fingerprint density at radius 2 is 2.00 bits per heavy atom. The zero-order chi connectivity index (χ0) is 18.5. The number of nitrogens with one attached hydrogen (secondary N) is 2. The Labute approximate surface area is 156 Å². The van der Waals surface area contributed by atoms with Crippen LogP contribution in [0.2, 0.25) is 0 Å². The number of carbonyl (C=O) groups excluding carboxylic acids is 1. The molecular weight excluding hydrogens is 402 g/mol. The molecule has 0 radical (unpaired) electrons. The molecule has 3 rings (SSSR count). The van der Waals surface area contributed by atoms with Crippen molar-refractivity contribution in [3.05, 3.63) is 80.4 Å². The van der Waals surface area contributed by atoms with Crippen LogP contribution in [0.25, 0.3) is 11.3 Å². The fourth-order valence-electron chi connectivity index (χ4n) is 2.15. The summed E-state index contributed by atoms with van der Waals surface area (Å²) in [5, 5.41) is 21.3. The number of carbonyl (C=O) groups is 1. The lowest BCUT2D eigenvalue weighted by molar-refractivity contribution is -0.384. The number of amides is 1. The minimum Gasteiger partial charge on any atom is -0.272 e. The summed E-state index contributed by atoms with van der Waals surface area (Å²) >= 11 is 3.36. The van der Waals surface area contributed by atoms with Gasteiger partial charge in [-0.2, -0.15) is 10.2 Å². The van der Waals surface area contributed by atoms with Crippen LogP contribution in [0.15, 0.2) is 64.2 Å². The highest BCUT2D eigenvalue weighted by Crippen LogP contribution is 2.20. The van der Waals surface area contributed by atoms with Gasteiger partial charge in [-0.15, -0.1) is 0 Å². The van der Waals surface area contributed by atoms with Crippen molar-refractivity contribution in [1.82, 2.24) is 15.6 Å². The van der Waals surface area contributed by atoms with Crippen LogP contribution in [0.1, 0.15) is 16.1 Å². The zero-order valence-electron chi connectivity index (χ0n) is 13.2. The highest BCUT2D eigenvalue weighted by atomic mass is 79.9. The van der Waals surface area contributed by atoms with Crippen molar-refractivity contribution in [2.24, 2.45) is 5.10 Å². The summed E-state index contributed by atoms with van der Waals surface area (Å²) in [5.74, 6) is -0.470. The summed E-state index contributed by atoms with van der Waals surface area (Å²) < 4.78 is 0.949. The molecule has 0 unspecified atom stereocenters. The highest BCUT2D eigenvalue weighted by Gasteiger charge is 2.10. The molecule has 2 aromatic carbocycles. The van der Waals surface area contributed by atoms with E-state index in [2.05, 4.69) is 36.7 Å². The molecule has 2 N–H and O–H groups in total. The first-order chi connectivity index (χ1) is 12.5. The predicted molar refractivity (Wildman–Crippen MR) is 99.9 cm³/mol. The van der Waals surface area contributed by atoms with Gasteiger partial charge in [-0.25, -0.2) is 5.43 Å². The zero-order valence-corrected chi connectivity index (χ0v) is 14.8. The third-order valence-electron chi connectivity index (χ3n) is 3.42. The lowest BCUT2D eigenvalue weighted by Crippen LogP contribution is -2.18. The topological polar surface area (TPSA) is 113 Å². The quantitative estimate of drug-likeness (QED) is 0.378. The highest BCUT2D eigenvalue weighted by molar-refractivity contribution is 9.10. The fourth-order valence-corrected chi connectivity index (χ4v) is 2.42. The molecule has 0 atom stereocenters. The van der Waals surface area contributed by atoms with E-state index in [0.717, 1.165) is 10.0 Å². The lowest BCUT2D eigenvalue weighted by Gasteiger charge is -1.97. The van der Waals surface area contributed by atoms with Crippen molar-refractivity contribution in [1.29, 1.82) is 0 Å². The molecule has 26 heavy (non-hydrogen) atoms. The standard InChI is InChI=1S/C17H12BrN5O3/c18-13-6-4-12(5-7-13)15-9-16(21-20-15)17(24)22-19-10-11-2-1-3-14(8-11)23(25)26/h1-10H,(H,20,21)(H,22,24)/b19-10-. The number of hydrazone groups is 1. The van der Waals surface area contributed by atoms with Crippen molar-refractivity contribution in [2.75, 3.05) is 0 Å². The number of hydrogen-bond acceptors (Lipinski definition) is 5. The van der Waals surface area contributed by atoms with E-state index in [-0.39, 0.29) is 11.4 Å². The first-order valence-electron chi connectivity index (χ1n) is 7.42. The number of nitro groups is 1. The number of nitrogens with zero attached hydrogens (tertiary/aromatic N) is 3. The molecule has 8 nitrogen and oxygen atoms in total. The maximum atomic E-state index is 12.1. The fraction of sp³-hybridized carbons (Fsp3) is 0. The summed E-state index contributed by atoms with van der Waals surface area (Å²) in [6.07, 6.45) is 1.33. The van der Waals surface area contributed by atoms with Gasteiger partial charge in [-0.3, -0.25) is 20.0 Å².